The number of carbonyl (C=O) groups is 1. The van der Waals surface area contributed by atoms with Gasteiger partial charge in [0, 0.05) is 6.54 Å². The fraction of sp³-hybridized carbons (Fsp3) is 0.150. The third kappa shape index (κ3) is 4.33. The molecule has 0 unspecified atom stereocenters. The molecule has 3 rings (SSSR count). The summed E-state index contributed by atoms with van der Waals surface area (Å²) in [6.45, 7) is 0.650. The number of amides is 1. The summed E-state index contributed by atoms with van der Waals surface area (Å²) in [6.07, 6.45) is 0.822. The molecule has 0 spiro atoms. The Labute approximate surface area is 135 Å². The minimum Gasteiger partial charge on any atom is -0.484 e. The molecule has 0 heterocycles. The third-order valence-electron chi connectivity index (χ3n) is 3.67. The van der Waals surface area contributed by atoms with E-state index in [-0.39, 0.29) is 12.5 Å². The number of nitrogens with one attached hydrogen (secondary N) is 1. The maximum absolute atomic E-state index is 11.8. The number of fused-ring (bicyclic) bond motifs is 1. The smallest absolute Gasteiger partial charge is 0.257 e. The summed E-state index contributed by atoms with van der Waals surface area (Å²) in [5.74, 6) is 0.607. The van der Waals surface area contributed by atoms with Crippen molar-refractivity contribution < 1.29 is 9.53 Å². The highest BCUT2D eigenvalue weighted by Crippen LogP contribution is 2.20. The Morgan fingerprint density at radius 1 is 0.870 bits per heavy atom. The molecule has 3 nitrogen and oxygen atoms in total. The molecule has 1 amide bonds. The average molecular weight is 305 g/mol. The van der Waals surface area contributed by atoms with Crippen LogP contribution in [0.3, 0.4) is 0 Å². The van der Waals surface area contributed by atoms with Gasteiger partial charge in [0.1, 0.15) is 5.75 Å². The molecule has 0 fully saturated rings. The van der Waals surface area contributed by atoms with Gasteiger partial charge in [-0.1, -0.05) is 60.7 Å². The number of carbonyl (C=O) groups excluding carboxylic acids is 1. The zero-order valence-corrected chi connectivity index (χ0v) is 12.9. The maximum Gasteiger partial charge on any atom is 0.257 e. The largest absolute Gasteiger partial charge is 0.484 e. The lowest BCUT2D eigenvalue weighted by Crippen LogP contribution is -2.30. The Hall–Kier alpha value is -2.81. The molecule has 0 saturated carbocycles. The Morgan fingerprint density at radius 2 is 1.61 bits per heavy atom. The Kier molecular flexibility index (Phi) is 4.89. The second-order valence-corrected chi connectivity index (χ2v) is 5.38. The molecule has 3 heteroatoms. The Balaban J connectivity index is 1.46. The molecule has 0 aliphatic rings. The van der Waals surface area contributed by atoms with Crippen LogP contribution >= 0.6 is 0 Å². The van der Waals surface area contributed by atoms with Crippen molar-refractivity contribution in [3.05, 3.63) is 78.4 Å². The summed E-state index contributed by atoms with van der Waals surface area (Å²) in [4.78, 5) is 11.8. The van der Waals surface area contributed by atoms with Crippen LogP contribution in [0.4, 0.5) is 0 Å². The molecule has 1 N–H and O–H groups in total. The van der Waals surface area contributed by atoms with Gasteiger partial charge in [-0.25, -0.2) is 0 Å². The van der Waals surface area contributed by atoms with Crippen LogP contribution in [0.25, 0.3) is 10.8 Å². The average Bonchev–Trinajstić information content (AvgIpc) is 2.61. The summed E-state index contributed by atoms with van der Waals surface area (Å²) in [6, 6.07) is 24.0. The zero-order valence-electron chi connectivity index (χ0n) is 12.9. The minimum atomic E-state index is -0.103. The first-order chi connectivity index (χ1) is 11.3. The molecule has 3 aromatic carbocycles. The highest BCUT2D eigenvalue weighted by atomic mass is 16.5. The standard InChI is InChI=1S/C20H19NO2/c22-20(21-13-12-16-6-2-1-3-7-16)15-23-19-11-10-17-8-4-5-9-18(17)14-19/h1-11,14H,12-13,15H2,(H,21,22). The first kappa shape index (κ1) is 15.1. The lowest BCUT2D eigenvalue weighted by Gasteiger charge is -2.08. The number of ether oxygens (including phenoxy) is 1. The molecule has 23 heavy (non-hydrogen) atoms. The fourth-order valence-corrected chi connectivity index (χ4v) is 2.45. The highest BCUT2D eigenvalue weighted by Gasteiger charge is 2.03. The van der Waals surface area contributed by atoms with Crippen molar-refractivity contribution in [2.24, 2.45) is 0 Å². The van der Waals surface area contributed by atoms with Crippen LogP contribution in [0.5, 0.6) is 5.75 Å². The molecule has 0 atom stereocenters. The van der Waals surface area contributed by atoms with E-state index in [1.54, 1.807) is 0 Å². The molecule has 0 aliphatic heterocycles. The lowest BCUT2D eigenvalue weighted by molar-refractivity contribution is -0.123. The summed E-state index contributed by atoms with van der Waals surface area (Å²) >= 11 is 0. The van der Waals surface area contributed by atoms with Crippen LogP contribution in [0, 0.1) is 0 Å². The van der Waals surface area contributed by atoms with Crippen LogP contribution in [0.2, 0.25) is 0 Å². The van der Waals surface area contributed by atoms with Gasteiger partial charge >= 0.3 is 0 Å². The van der Waals surface area contributed by atoms with E-state index < -0.39 is 0 Å². The summed E-state index contributed by atoms with van der Waals surface area (Å²) in [5, 5.41) is 5.14. The van der Waals surface area contributed by atoms with E-state index in [9.17, 15) is 4.79 Å². The van der Waals surface area contributed by atoms with Gasteiger partial charge in [-0.2, -0.15) is 0 Å². The first-order valence-corrected chi connectivity index (χ1v) is 7.73. The number of hydrogen-bond donors (Lipinski definition) is 1. The molecular weight excluding hydrogens is 286 g/mol. The summed E-state index contributed by atoms with van der Waals surface area (Å²) < 4.78 is 5.57. The van der Waals surface area contributed by atoms with Crippen molar-refractivity contribution in [2.45, 2.75) is 6.42 Å². The van der Waals surface area contributed by atoms with Gasteiger partial charge in [-0.05, 0) is 34.9 Å². The summed E-state index contributed by atoms with van der Waals surface area (Å²) in [7, 11) is 0. The van der Waals surface area contributed by atoms with Gasteiger partial charge in [0.25, 0.3) is 5.91 Å². The predicted octanol–water partition coefficient (Wildman–Crippen LogP) is 3.58. The maximum atomic E-state index is 11.8. The second kappa shape index (κ2) is 7.45. The molecular formula is C20H19NO2. The molecule has 116 valence electrons. The third-order valence-corrected chi connectivity index (χ3v) is 3.67. The second-order valence-electron chi connectivity index (χ2n) is 5.38. The van der Waals surface area contributed by atoms with Gasteiger partial charge in [0.05, 0.1) is 0 Å². The van der Waals surface area contributed by atoms with Crippen molar-refractivity contribution in [2.75, 3.05) is 13.2 Å². The predicted molar refractivity (Wildman–Crippen MR) is 92.6 cm³/mol. The van der Waals surface area contributed by atoms with Crippen molar-refractivity contribution >= 4 is 16.7 Å². The Morgan fingerprint density at radius 3 is 2.43 bits per heavy atom. The van der Waals surface area contributed by atoms with Gasteiger partial charge in [-0.15, -0.1) is 0 Å². The van der Waals surface area contributed by atoms with Crippen LogP contribution < -0.4 is 10.1 Å². The van der Waals surface area contributed by atoms with E-state index in [1.807, 2.05) is 54.6 Å². The molecule has 0 radical (unpaired) electrons. The topological polar surface area (TPSA) is 38.3 Å². The van der Waals surface area contributed by atoms with Crippen LogP contribution in [-0.4, -0.2) is 19.1 Å². The van der Waals surface area contributed by atoms with Crippen LogP contribution in [0.1, 0.15) is 5.56 Å². The molecule has 0 aliphatic carbocycles. The molecule has 3 aromatic rings. The monoisotopic (exact) mass is 305 g/mol. The molecule has 0 bridgehead atoms. The van der Waals surface area contributed by atoms with Crippen molar-refractivity contribution in [1.29, 1.82) is 0 Å². The Bertz CT molecular complexity index is 784. The van der Waals surface area contributed by atoms with E-state index in [2.05, 4.69) is 23.5 Å². The molecule has 0 aromatic heterocycles. The van der Waals surface area contributed by atoms with Crippen molar-refractivity contribution in [3.63, 3.8) is 0 Å². The van der Waals surface area contributed by atoms with Gasteiger partial charge in [-0.3, -0.25) is 4.79 Å². The first-order valence-electron chi connectivity index (χ1n) is 7.73. The minimum absolute atomic E-state index is 0.0349. The van der Waals surface area contributed by atoms with Gasteiger partial charge in [0.15, 0.2) is 6.61 Å². The van der Waals surface area contributed by atoms with Crippen LogP contribution in [0.15, 0.2) is 72.8 Å². The normalized spacial score (nSPS) is 10.4. The fourth-order valence-electron chi connectivity index (χ4n) is 2.45. The number of benzene rings is 3. The zero-order chi connectivity index (χ0) is 15.9. The lowest BCUT2D eigenvalue weighted by atomic mass is 10.1. The van der Waals surface area contributed by atoms with Gasteiger partial charge in [0.2, 0.25) is 0 Å². The van der Waals surface area contributed by atoms with Crippen molar-refractivity contribution in [3.8, 4) is 5.75 Å². The van der Waals surface area contributed by atoms with Crippen LogP contribution in [-0.2, 0) is 11.2 Å². The SMILES string of the molecule is O=C(COc1ccc2ccccc2c1)NCCc1ccccc1. The number of hydrogen-bond acceptors (Lipinski definition) is 2. The van der Waals surface area contributed by atoms with E-state index in [1.165, 1.54) is 5.56 Å². The quantitative estimate of drug-likeness (QED) is 0.756. The van der Waals surface area contributed by atoms with E-state index in [0.29, 0.717) is 12.3 Å². The van der Waals surface area contributed by atoms with E-state index in [4.69, 9.17) is 4.74 Å². The van der Waals surface area contributed by atoms with E-state index >= 15 is 0 Å². The summed E-state index contributed by atoms with van der Waals surface area (Å²) in [5.41, 5.74) is 1.21. The van der Waals surface area contributed by atoms with Crippen molar-refractivity contribution in [1.82, 2.24) is 5.32 Å². The van der Waals surface area contributed by atoms with Gasteiger partial charge < -0.3 is 10.1 Å². The number of rotatable bonds is 6. The highest BCUT2D eigenvalue weighted by molar-refractivity contribution is 5.84. The van der Waals surface area contributed by atoms with E-state index in [0.717, 1.165) is 17.2 Å². The molecule has 0 saturated heterocycles.